The molecular weight excluding hydrogens is 351 g/mol. The summed E-state index contributed by atoms with van der Waals surface area (Å²) in [5.74, 6) is 0.967. The lowest BCUT2D eigenvalue weighted by Gasteiger charge is -2.09. The van der Waals surface area contributed by atoms with Crippen LogP contribution in [0.4, 0.5) is 0 Å². The fourth-order valence-corrected chi connectivity index (χ4v) is 2.55. The Bertz CT molecular complexity index is 641. The van der Waals surface area contributed by atoms with Gasteiger partial charge in [-0.25, -0.2) is 0 Å². The predicted molar refractivity (Wildman–Crippen MR) is 80.7 cm³/mol. The molecule has 0 atom stereocenters. The lowest BCUT2D eigenvalue weighted by Crippen LogP contribution is -1.94. The van der Waals surface area contributed by atoms with Crippen LogP contribution in [-0.4, -0.2) is 5.78 Å². The first-order chi connectivity index (χ1) is 8.97. The van der Waals surface area contributed by atoms with Gasteiger partial charge in [-0.1, -0.05) is 39.1 Å². The molecule has 0 aromatic heterocycles. The van der Waals surface area contributed by atoms with E-state index in [1.165, 1.54) is 6.92 Å². The smallest absolute Gasteiger partial charge is 0.161 e. The highest BCUT2D eigenvalue weighted by Gasteiger charge is 2.09. The van der Waals surface area contributed by atoms with Crippen molar-refractivity contribution in [3.8, 4) is 11.5 Å². The summed E-state index contributed by atoms with van der Waals surface area (Å²) in [6.07, 6.45) is 0. The minimum Gasteiger partial charge on any atom is -0.456 e. The van der Waals surface area contributed by atoms with E-state index < -0.39 is 0 Å². The highest BCUT2D eigenvalue weighted by atomic mass is 79.9. The summed E-state index contributed by atoms with van der Waals surface area (Å²) in [5, 5.41) is 0.847. The Morgan fingerprint density at radius 3 is 2.42 bits per heavy atom. The molecular formula is C14H9BrCl2O2. The highest BCUT2D eigenvalue weighted by Crippen LogP contribution is 2.33. The topological polar surface area (TPSA) is 26.3 Å². The maximum Gasteiger partial charge on any atom is 0.161 e. The van der Waals surface area contributed by atoms with Crippen molar-refractivity contribution < 1.29 is 9.53 Å². The number of hydrogen-bond acceptors (Lipinski definition) is 2. The zero-order valence-corrected chi connectivity index (χ0v) is 13.0. The van der Waals surface area contributed by atoms with E-state index in [1.54, 1.807) is 30.3 Å². The zero-order chi connectivity index (χ0) is 14.0. The molecule has 0 spiro atoms. The second-order valence-corrected chi connectivity index (χ2v) is 5.60. The number of carbonyl (C=O) groups is 1. The van der Waals surface area contributed by atoms with Crippen molar-refractivity contribution in [2.75, 3.05) is 0 Å². The van der Waals surface area contributed by atoms with Gasteiger partial charge >= 0.3 is 0 Å². The average molecular weight is 360 g/mol. The van der Waals surface area contributed by atoms with E-state index in [9.17, 15) is 4.79 Å². The van der Waals surface area contributed by atoms with E-state index in [0.29, 0.717) is 27.1 Å². The molecule has 0 unspecified atom stereocenters. The quantitative estimate of drug-likeness (QED) is 0.652. The Labute approximate surface area is 129 Å². The van der Waals surface area contributed by atoms with Crippen LogP contribution in [0.3, 0.4) is 0 Å². The Hall–Kier alpha value is -1.03. The molecule has 0 bridgehead atoms. The van der Waals surface area contributed by atoms with Crippen LogP contribution in [0.15, 0.2) is 40.9 Å². The number of benzene rings is 2. The van der Waals surface area contributed by atoms with Gasteiger partial charge in [0.25, 0.3) is 0 Å². The molecule has 19 heavy (non-hydrogen) atoms. The molecule has 0 saturated carbocycles. The van der Waals surface area contributed by atoms with E-state index >= 15 is 0 Å². The third-order valence-corrected chi connectivity index (χ3v) is 3.54. The first kappa shape index (κ1) is 14.4. The van der Waals surface area contributed by atoms with Crippen LogP contribution in [0.5, 0.6) is 11.5 Å². The predicted octanol–water partition coefficient (Wildman–Crippen LogP) is 5.75. The van der Waals surface area contributed by atoms with Crippen LogP contribution >= 0.6 is 39.1 Å². The van der Waals surface area contributed by atoms with Gasteiger partial charge in [0.2, 0.25) is 0 Å². The zero-order valence-electron chi connectivity index (χ0n) is 9.91. The first-order valence-corrected chi connectivity index (χ1v) is 6.95. The second-order valence-electron chi connectivity index (χ2n) is 3.87. The molecule has 0 aliphatic rings. The van der Waals surface area contributed by atoms with Crippen molar-refractivity contribution in [2.24, 2.45) is 0 Å². The molecule has 0 radical (unpaired) electrons. The van der Waals surface area contributed by atoms with Gasteiger partial charge in [-0.15, -0.1) is 0 Å². The minimum absolute atomic E-state index is 0.0850. The van der Waals surface area contributed by atoms with Gasteiger partial charge in [-0.05, 0) is 37.3 Å². The number of rotatable bonds is 3. The van der Waals surface area contributed by atoms with Crippen molar-refractivity contribution in [2.45, 2.75) is 6.92 Å². The molecule has 5 heteroatoms. The Balaban J connectivity index is 2.29. The van der Waals surface area contributed by atoms with Crippen LogP contribution < -0.4 is 4.74 Å². The molecule has 98 valence electrons. The molecule has 0 aliphatic carbocycles. The van der Waals surface area contributed by atoms with E-state index in [2.05, 4.69) is 15.9 Å². The Kier molecular flexibility index (Phi) is 4.50. The molecule has 0 N–H and O–H groups in total. The Morgan fingerprint density at radius 1 is 1.11 bits per heavy atom. The summed E-state index contributed by atoms with van der Waals surface area (Å²) in [4.78, 5) is 11.3. The summed E-state index contributed by atoms with van der Waals surface area (Å²) in [7, 11) is 0. The summed E-state index contributed by atoms with van der Waals surface area (Å²) in [6, 6.07) is 10.2. The van der Waals surface area contributed by atoms with Crippen molar-refractivity contribution in [1.29, 1.82) is 0 Å². The van der Waals surface area contributed by atoms with E-state index in [-0.39, 0.29) is 5.78 Å². The third kappa shape index (κ3) is 3.50. The maximum absolute atomic E-state index is 11.3. The number of hydrogen-bond donors (Lipinski definition) is 0. The largest absolute Gasteiger partial charge is 0.456 e. The highest BCUT2D eigenvalue weighted by molar-refractivity contribution is 9.10. The lowest BCUT2D eigenvalue weighted by molar-refractivity contribution is 0.101. The van der Waals surface area contributed by atoms with E-state index in [0.717, 1.165) is 4.47 Å². The van der Waals surface area contributed by atoms with Gasteiger partial charge in [0.15, 0.2) is 5.78 Å². The first-order valence-electron chi connectivity index (χ1n) is 5.41. The number of carbonyl (C=O) groups excluding carboxylic acids is 1. The molecule has 2 rings (SSSR count). The van der Waals surface area contributed by atoms with Crippen LogP contribution in [0.25, 0.3) is 0 Å². The standard InChI is InChI=1S/C14H9BrCl2O2/c1-8(18)11-4-3-10(7-12(11)16)19-14-5-2-9(15)6-13(14)17/h2-7H,1H3. The number of ketones is 1. The molecule has 0 fully saturated rings. The normalized spacial score (nSPS) is 10.3. The fourth-order valence-electron chi connectivity index (χ4n) is 1.53. The maximum atomic E-state index is 11.3. The van der Waals surface area contributed by atoms with Crippen LogP contribution in [0, 0.1) is 0 Å². The summed E-state index contributed by atoms with van der Waals surface area (Å²) in [6.45, 7) is 1.47. The van der Waals surface area contributed by atoms with Crippen molar-refractivity contribution in [1.82, 2.24) is 0 Å². The van der Waals surface area contributed by atoms with Gasteiger partial charge in [-0.3, -0.25) is 4.79 Å². The van der Waals surface area contributed by atoms with Crippen molar-refractivity contribution in [3.63, 3.8) is 0 Å². The average Bonchev–Trinajstić information content (AvgIpc) is 2.32. The second kappa shape index (κ2) is 5.95. The summed E-state index contributed by atoms with van der Waals surface area (Å²) >= 11 is 15.4. The van der Waals surface area contributed by atoms with Gasteiger partial charge in [0.05, 0.1) is 10.0 Å². The lowest BCUT2D eigenvalue weighted by atomic mass is 10.1. The van der Waals surface area contributed by atoms with Gasteiger partial charge in [-0.2, -0.15) is 0 Å². The molecule has 2 aromatic rings. The van der Waals surface area contributed by atoms with E-state index in [4.69, 9.17) is 27.9 Å². The van der Waals surface area contributed by atoms with Crippen molar-refractivity contribution >= 4 is 44.9 Å². The van der Waals surface area contributed by atoms with Crippen LogP contribution in [-0.2, 0) is 0 Å². The minimum atomic E-state index is -0.0850. The van der Waals surface area contributed by atoms with Crippen LogP contribution in [0.1, 0.15) is 17.3 Å². The SMILES string of the molecule is CC(=O)c1ccc(Oc2ccc(Br)cc2Cl)cc1Cl. The Morgan fingerprint density at radius 2 is 1.84 bits per heavy atom. The number of ether oxygens (including phenoxy) is 1. The van der Waals surface area contributed by atoms with Gasteiger partial charge in [0.1, 0.15) is 11.5 Å². The van der Waals surface area contributed by atoms with E-state index in [1.807, 2.05) is 6.07 Å². The summed E-state index contributed by atoms with van der Waals surface area (Å²) in [5.41, 5.74) is 0.468. The third-order valence-electron chi connectivity index (χ3n) is 2.44. The van der Waals surface area contributed by atoms with Gasteiger partial charge < -0.3 is 4.74 Å². The van der Waals surface area contributed by atoms with Gasteiger partial charge in [0, 0.05) is 16.1 Å². The monoisotopic (exact) mass is 358 g/mol. The fraction of sp³-hybridized carbons (Fsp3) is 0.0714. The number of Topliss-reactive ketones (excluding diaryl/α,β-unsaturated/α-hetero) is 1. The van der Waals surface area contributed by atoms with Crippen LogP contribution in [0.2, 0.25) is 10.0 Å². The molecule has 0 saturated heterocycles. The molecule has 0 amide bonds. The summed E-state index contributed by atoms with van der Waals surface area (Å²) < 4.78 is 6.50. The van der Waals surface area contributed by atoms with Crippen molar-refractivity contribution in [3.05, 3.63) is 56.5 Å². The molecule has 2 nitrogen and oxygen atoms in total. The number of halogens is 3. The molecule has 2 aromatic carbocycles. The molecule has 0 aliphatic heterocycles. The molecule has 0 heterocycles.